The molecule has 0 radical (unpaired) electrons. The van der Waals surface area contributed by atoms with Gasteiger partial charge in [-0.2, -0.15) is 5.10 Å². The minimum absolute atomic E-state index is 0.344. The quantitative estimate of drug-likeness (QED) is 0.530. The van der Waals surface area contributed by atoms with E-state index in [9.17, 15) is 14.0 Å². The fourth-order valence-electron chi connectivity index (χ4n) is 2.09. The molecule has 0 spiro atoms. The summed E-state index contributed by atoms with van der Waals surface area (Å²) in [5.41, 5.74) is 3.72. The second-order valence-corrected chi connectivity index (χ2v) is 6.23. The highest BCUT2D eigenvalue weighted by molar-refractivity contribution is 7.11. The smallest absolute Gasteiger partial charge is 0.271 e. The van der Waals surface area contributed by atoms with Crippen LogP contribution in [0, 0.1) is 5.82 Å². The monoisotopic (exact) mass is 367 g/mol. The van der Waals surface area contributed by atoms with Crippen LogP contribution >= 0.6 is 11.3 Å². The molecule has 7 heteroatoms. The molecular formula is C19H14FN3O2S. The number of anilines is 1. The Bertz CT molecular complexity index is 920. The zero-order chi connectivity index (χ0) is 18.4. The van der Waals surface area contributed by atoms with Crippen molar-refractivity contribution in [1.29, 1.82) is 0 Å². The van der Waals surface area contributed by atoms with Gasteiger partial charge < -0.3 is 5.32 Å². The number of benzene rings is 2. The summed E-state index contributed by atoms with van der Waals surface area (Å²) in [6.45, 7) is 0. The van der Waals surface area contributed by atoms with Gasteiger partial charge in [0, 0.05) is 21.7 Å². The number of amides is 2. The Hall–Kier alpha value is -3.32. The van der Waals surface area contributed by atoms with Gasteiger partial charge in [-0.25, -0.2) is 9.82 Å². The minimum Gasteiger partial charge on any atom is -0.322 e. The Balaban J connectivity index is 1.58. The molecule has 0 aliphatic rings. The number of hydrogen-bond donors (Lipinski definition) is 2. The summed E-state index contributed by atoms with van der Waals surface area (Å²) in [5.74, 6) is -1.12. The lowest BCUT2D eigenvalue weighted by Crippen LogP contribution is -2.17. The minimum atomic E-state index is -0.404. The van der Waals surface area contributed by atoms with Crippen LogP contribution in [0.15, 0.2) is 71.1 Å². The van der Waals surface area contributed by atoms with Crippen LogP contribution in [0.1, 0.15) is 25.6 Å². The van der Waals surface area contributed by atoms with E-state index in [1.54, 1.807) is 30.5 Å². The fraction of sp³-hybridized carbons (Fsp3) is 0. The molecule has 1 heterocycles. The van der Waals surface area contributed by atoms with Crippen molar-refractivity contribution in [2.75, 3.05) is 5.32 Å². The van der Waals surface area contributed by atoms with Gasteiger partial charge in [0.15, 0.2) is 0 Å². The van der Waals surface area contributed by atoms with E-state index < -0.39 is 5.82 Å². The third-order valence-electron chi connectivity index (χ3n) is 3.41. The third-order valence-corrected chi connectivity index (χ3v) is 4.22. The Labute approximate surface area is 153 Å². The molecular weight excluding hydrogens is 353 g/mol. The summed E-state index contributed by atoms with van der Waals surface area (Å²) >= 11 is 1.52. The van der Waals surface area contributed by atoms with Crippen LogP contribution in [-0.4, -0.2) is 18.0 Å². The van der Waals surface area contributed by atoms with Gasteiger partial charge in [-0.05, 0) is 60.0 Å². The van der Waals surface area contributed by atoms with Crippen LogP contribution in [-0.2, 0) is 0 Å². The maximum atomic E-state index is 12.9. The number of hydrogen-bond acceptors (Lipinski definition) is 4. The molecule has 2 amide bonds. The van der Waals surface area contributed by atoms with Crippen LogP contribution in [0.5, 0.6) is 0 Å². The first-order chi connectivity index (χ1) is 12.6. The van der Waals surface area contributed by atoms with E-state index in [1.807, 2.05) is 17.5 Å². The van der Waals surface area contributed by atoms with E-state index in [4.69, 9.17) is 0 Å². The van der Waals surface area contributed by atoms with Gasteiger partial charge in [-0.3, -0.25) is 9.59 Å². The zero-order valence-corrected chi connectivity index (χ0v) is 14.3. The van der Waals surface area contributed by atoms with E-state index in [0.29, 0.717) is 16.8 Å². The highest BCUT2D eigenvalue weighted by Crippen LogP contribution is 2.12. The zero-order valence-electron chi connectivity index (χ0n) is 13.5. The molecule has 26 heavy (non-hydrogen) atoms. The summed E-state index contributed by atoms with van der Waals surface area (Å²) < 4.78 is 12.9. The lowest BCUT2D eigenvalue weighted by atomic mass is 10.1. The van der Waals surface area contributed by atoms with Crippen molar-refractivity contribution in [3.63, 3.8) is 0 Å². The van der Waals surface area contributed by atoms with Crippen LogP contribution in [0.2, 0.25) is 0 Å². The lowest BCUT2D eigenvalue weighted by molar-refractivity contribution is 0.0954. The number of rotatable bonds is 5. The van der Waals surface area contributed by atoms with Gasteiger partial charge in [0.05, 0.1) is 6.21 Å². The van der Waals surface area contributed by atoms with Crippen molar-refractivity contribution >= 4 is 35.1 Å². The second kappa shape index (κ2) is 8.17. The fourth-order valence-corrected chi connectivity index (χ4v) is 2.68. The van der Waals surface area contributed by atoms with Gasteiger partial charge >= 0.3 is 0 Å². The van der Waals surface area contributed by atoms with Gasteiger partial charge in [-0.1, -0.05) is 6.07 Å². The highest BCUT2D eigenvalue weighted by Gasteiger charge is 2.08. The van der Waals surface area contributed by atoms with E-state index in [2.05, 4.69) is 15.8 Å². The number of nitrogens with one attached hydrogen (secondary N) is 2. The number of thiophene rings is 1. The second-order valence-electron chi connectivity index (χ2n) is 5.25. The predicted molar refractivity (Wildman–Crippen MR) is 100 cm³/mol. The Morgan fingerprint density at radius 3 is 2.23 bits per heavy atom. The van der Waals surface area contributed by atoms with E-state index in [0.717, 1.165) is 4.88 Å². The molecule has 0 aliphatic heterocycles. The molecule has 130 valence electrons. The van der Waals surface area contributed by atoms with Crippen molar-refractivity contribution in [3.8, 4) is 0 Å². The first kappa shape index (κ1) is 17.5. The summed E-state index contributed by atoms with van der Waals surface area (Å²) in [5, 5.41) is 8.50. The largest absolute Gasteiger partial charge is 0.322 e. The Kier molecular flexibility index (Phi) is 5.50. The van der Waals surface area contributed by atoms with Crippen molar-refractivity contribution in [3.05, 3.63) is 87.9 Å². The summed E-state index contributed by atoms with van der Waals surface area (Å²) in [6, 6.07) is 15.4. The third kappa shape index (κ3) is 4.61. The standard InChI is InChI=1S/C19H14FN3O2S/c20-15-7-3-13(4-8-15)18(24)22-16-9-5-14(6-10-16)19(25)23-21-12-17-2-1-11-26-17/h1-12H,(H,22,24)(H,23,25)/b21-12-. The summed E-state index contributed by atoms with van der Waals surface area (Å²) in [7, 11) is 0. The predicted octanol–water partition coefficient (Wildman–Crippen LogP) is 3.90. The summed E-state index contributed by atoms with van der Waals surface area (Å²) in [6.07, 6.45) is 1.57. The number of carbonyl (C=O) groups is 2. The average molecular weight is 367 g/mol. The molecule has 1 aromatic heterocycles. The number of hydrazone groups is 1. The number of nitrogens with zero attached hydrogens (tertiary/aromatic N) is 1. The maximum absolute atomic E-state index is 12.9. The van der Waals surface area contributed by atoms with Gasteiger partial charge in [0.25, 0.3) is 11.8 Å². The molecule has 0 aliphatic carbocycles. The van der Waals surface area contributed by atoms with Gasteiger partial charge in [0.2, 0.25) is 0 Å². The first-order valence-corrected chi connectivity index (χ1v) is 8.54. The molecule has 5 nitrogen and oxygen atoms in total. The molecule has 2 aromatic carbocycles. The molecule has 0 atom stereocenters. The van der Waals surface area contributed by atoms with Gasteiger partial charge in [-0.15, -0.1) is 11.3 Å². The highest BCUT2D eigenvalue weighted by atomic mass is 32.1. The van der Waals surface area contributed by atoms with E-state index in [1.165, 1.54) is 35.6 Å². The molecule has 3 rings (SSSR count). The van der Waals surface area contributed by atoms with Crippen molar-refractivity contribution < 1.29 is 14.0 Å². The molecule has 0 saturated heterocycles. The van der Waals surface area contributed by atoms with E-state index >= 15 is 0 Å². The van der Waals surface area contributed by atoms with Crippen LogP contribution in [0.25, 0.3) is 0 Å². The molecule has 2 N–H and O–H groups in total. The first-order valence-electron chi connectivity index (χ1n) is 7.66. The van der Waals surface area contributed by atoms with Crippen molar-refractivity contribution in [1.82, 2.24) is 5.43 Å². The summed E-state index contributed by atoms with van der Waals surface area (Å²) in [4.78, 5) is 25.0. The van der Waals surface area contributed by atoms with Crippen LogP contribution in [0.4, 0.5) is 10.1 Å². The normalized spacial score (nSPS) is 10.7. The Morgan fingerprint density at radius 1 is 0.923 bits per heavy atom. The Morgan fingerprint density at radius 2 is 1.58 bits per heavy atom. The molecule has 0 fully saturated rings. The average Bonchev–Trinajstić information content (AvgIpc) is 3.16. The molecule has 0 unspecified atom stereocenters. The number of halogens is 1. The molecule has 3 aromatic rings. The number of carbonyl (C=O) groups excluding carboxylic acids is 2. The topological polar surface area (TPSA) is 70.6 Å². The molecule has 0 saturated carbocycles. The molecule has 0 bridgehead atoms. The van der Waals surface area contributed by atoms with E-state index in [-0.39, 0.29) is 11.8 Å². The van der Waals surface area contributed by atoms with Gasteiger partial charge in [0.1, 0.15) is 5.82 Å². The van der Waals surface area contributed by atoms with Crippen molar-refractivity contribution in [2.45, 2.75) is 0 Å². The maximum Gasteiger partial charge on any atom is 0.271 e. The lowest BCUT2D eigenvalue weighted by Gasteiger charge is -2.06. The van der Waals surface area contributed by atoms with Crippen LogP contribution < -0.4 is 10.7 Å². The van der Waals surface area contributed by atoms with Crippen molar-refractivity contribution in [2.24, 2.45) is 5.10 Å². The van der Waals surface area contributed by atoms with Crippen LogP contribution in [0.3, 0.4) is 0 Å². The SMILES string of the molecule is O=C(N/N=C\c1cccs1)c1ccc(NC(=O)c2ccc(F)cc2)cc1.